The quantitative estimate of drug-likeness (QED) is 0.281. The number of hydrogen-bond acceptors (Lipinski definition) is 3. The van der Waals surface area contributed by atoms with Crippen molar-refractivity contribution >= 4 is 14.5 Å². The second-order valence-corrected chi connectivity index (χ2v) is 10.1. The van der Waals surface area contributed by atoms with Crippen molar-refractivity contribution < 1.29 is 14.2 Å². The Balaban J connectivity index is 1.90. The van der Waals surface area contributed by atoms with Crippen LogP contribution in [-0.4, -0.2) is 35.8 Å². The van der Waals surface area contributed by atoms with E-state index in [1.54, 1.807) is 21.3 Å². The Kier molecular flexibility index (Phi) is 6.45. The van der Waals surface area contributed by atoms with E-state index in [1.807, 2.05) is 0 Å². The first-order chi connectivity index (χ1) is 15.4. The predicted molar refractivity (Wildman–Crippen MR) is 134 cm³/mol. The Hall–Kier alpha value is -2.94. The van der Waals surface area contributed by atoms with Crippen molar-refractivity contribution in [2.75, 3.05) is 21.3 Å². The number of aryl methyl sites for hydroxylation is 3. The molecule has 0 bridgehead atoms. The van der Waals surface area contributed by atoms with E-state index in [9.17, 15) is 0 Å². The third-order valence-electron chi connectivity index (χ3n) is 5.77. The molecule has 0 aliphatic rings. The van der Waals surface area contributed by atoms with Gasteiger partial charge < -0.3 is 0 Å². The number of hydrogen-bond donors (Lipinski definition) is 0. The van der Waals surface area contributed by atoms with Crippen molar-refractivity contribution in [3.8, 4) is 48.4 Å². The summed E-state index contributed by atoms with van der Waals surface area (Å²) in [7, 11) is 5.16. The minimum absolute atomic E-state index is 0.172. The molecule has 4 rings (SSSR count). The average molecular weight is 491 g/mol. The van der Waals surface area contributed by atoms with E-state index in [0.29, 0.717) is 0 Å². The molecule has 4 heteroatoms. The van der Waals surface area contributed by atoms with Gasteiger partial charge in [-0.3, -0.25) is 0 Å². The first-order valence-electron chi connectivity index (χ1n) is 10.5. The van der Waals surface area contributed by atoms with Gasteiger partial charge in [0.2, 0.25) is 0 Å². The summed E-state index contributed by atoms with van der Waals surface area (Å²) in [4.78, 5) is 0. The van der Waals surface area contributed by atoms with Gasteiger partial charge >= 0.3 is 197 Å². The van der Waals surface area contributed by atoms with E-state index in [0.717, 1.165) is 33.9 Å². The molecule has 0 saturated heterocycles. The summed E-state index contributed by atoms with van der Waals surface area (Å²) in [5.41, 5.74) is 8.44. The van der Waals surface area contributed by atoms with Crippen molar-refractivity contribution in [2.45, 2.75) is 20.8 Å². The second-order valence-electron chi connectivity index (χ2n) is 7.91. The zero-order valence-electron chi connectivity index (χ0n) is 19.4. The number of rotatable bonds is 6. The Bertz CT molecular complexity index is 1200. The third-order valence-corrected chi connectivity index (χ3v) is 8.36. The van der Waals surface area contributed by atoms with E-state index < -0.39 is 0 Å². The molecule has 0 aliphatic heterocycles. The SMILES string of the molecule is COc1ccc(-c2cc(-c3ccc(OC)c(C)c3)c(-c3ccc(OC)c(C)c3)[se]2)cc1C. The standard InChI is InChI=1S/C28H28O3Se/c1-17-13-20(7-10-24(17)29-4)23-16-27(21-8-11-25(30-5)18(2)14-21)32-28(23)22-9-12-26(31-6)19(3)15-22/h7-16H,1-6H3. The van der Waals surface area contributed by atoms with Gasteiger partial charge in [0, 0.05) is 0 Å². The van der Waals surface area contributed by atoms with Crippen molar-refractivity contribution in [3.63, 3.8) is 0 Å². The predicted octanol–water partition coefficient (Wildman–Crippen LogP) is 6.70. The molecule has 3 nitrogen and oxygen atoms in total. The van der Waals surface area contributed by atoms with Gasteiger partial charge in [0.15, 0.2) is 0 Å². The zero-order chi connectivity index (χ0) is 22.8. The summed E-state index contributed by atoms with van der Waals surface area (Å²) < 4.78 is 19.2. The van der Waals surface area contributed by atoms with Crippen LogP contribution in [0.4, 0.5) is 0 Å². The van der Waals surface area contributed by atoms with Crippen LogP contribution in [0, 0.1) is 20.8 Å². The monoisotopic (exact) mass is 492 g/mol. The van der Waals surface area contributed by atoms with Crippen LogP contribution in [0.1, 0.15) is 16.7 Å². The molecule has 1 aromatic heterocycles. The molecule has 4 aromatic rings. The summed E-state index contributed by atoms with van der Waals surface area (Å²) in [6.45, 7) is 6.29. The summed E-state index contributed by atoms with van der Waals surface area (Å²) in [5.74, 6) is 2.75. The van der Waals surface area contributed by atoms with Crippen LogP contribution in [0.15, 0.2) is 60.7 Å². The van der Waals surface area contributed by atoms with Crippen LogP contribution in [-0.2, 0) is 0 Å². The van der Waals surface area contributed by atoms with Gasteiger partial charge in [-0.2, -0.15) is 0 Å². The molecule has 0 unspecified atom stereocenters. The first kappa shape index (κ1) is 22.3. The molecule has 1 heterocycles. The topological polar surface area (TPSA) is 27.7 Å². The van der Waals surface area contributed by atoms with E-state index in [-0.39, 0.29) is 14.5 Å². The first-order valence-corrected chi connectivity index (χ1v) is 12.2. The minimum atomic E-state index is 0.172. The second kappa shape index (κ2) is 9.28. The van der Waals surface area contributed by atoms with Crippen LogP contribution >= 0.6 is 0 Å². The zero-order valence-corrected chi connectivity index (χ0v) is 21.1. The van der Waals surface area contributed by atoms with E-state index in [1.165, 1.54) is 31.1 Å². The van der Waals surface area contributed by atoms with Crippen molar-refractivity contribution in [2.24, 2.45) is 0 Å². The van der Waals surface area contributed by atoms with Crippen molar-refractivity contribution in [1.29, 1.82) is 0 Å². The van der Waals surface area contributed by atoms with Crippen molar-refractivity contribution in [3.05, 3.63) is 77.4 Å². The molecule has 0 spiro atoms. The van der Waals surface area contributed by atoms with Gasteiger partial charge in [-0.25, -0.2) is 0 Å². The number of ether oxygens (including phenoxy) is 3. The molecule has 0 amide bonds. The van der Waals surface area contributed by atoms with Gasteiger partial charge in [-0.1, -0.05) is 0 Å². The molecule has 0 atom stereocenters. The molecule has 0 aliphatic carbocycles. The molecule has 0 N–H and O–H groups in total. The van der Waals surface area contributed by atoms with Crippen LogP contribution in [0.25, 0.3) is 31.1 Å². The van der Waals surface area contributed by atoms with Gasteiger partial charge in [0.05, 0.1) is 0 Å². The Morgan fingerprint density at radius 2 is 0.969 bits per heavy atom. The Morgan fingerprint density at radius 1 is 0.531 bits per heavy atom. The van der Waals surface area contributed by atoms with E-state index in [4.69, 9.17) is 14.2 Å². The molecular formula is C28H28O3Se. The molecule has 3 aromatic carbocycles. The third kappa shape index (κ3) is 4.21. The normalized spacial score (nSPS) is 10.8. The fourth-order valence-electron chi connectivity index (χ4n) is 4.06. The van der Waals surface area contributed by atoms with Crippen LogP contribution < -0.4 is 14.2 Å². The Labute approximate surface area is 196 Å². The van der Waals surface area contributed by atoms with Gasteiger partial charge in [0.25, 0.3) is 0 Å². The summed E-state index contributed by atoms with van der Waals surface area (Å²) in [6, 6.07) is 21.7. The maximum atomic E-state index is 5.49. The summed E-state index contributed by atoms with van der Waals surface area (Å²) in [6.07, 6.45) is 0. The fraction of sp³-hybridized carbons (Fsp3) is 0.214. The molecule has 0 radical (unpaired) electrons. The van der Waals surface area contributed by atoms with Crippen molar-refractivity contribution in [1.82, 2.24) is 0 Å². The fourth-order valence-corrected chi connectivity index (χ4v) is 6.52. The molecular weight excluding hydrogens is 463 g/mol. The maximum absolute atomic E-state index is 5.49. The van der Waals surface area contributed by atoms with Gasteiger partial charge in [0.1, 0.15) is 0 Å². The summed E-state index contributed by atoms with van der Waals surface area (Å²) >= 11 is 0.172. The molecule has 32 heavy (non-hydrogen) atoms. The molecule has 0 fully saturated rings. The van der Waals surface area contributed by atoms with Gasteiger partial charge in [-0.15, -0.1) is 0 Å². The number of benzene rings is 3. The van der Waals surface area contributed by atoms with Crippen LogP contribution in [0.2, 0.25) is 0 Å². The Morgan fingerprint density at radius 3 is 1.47 bits per heavy atom. The molecule has 0 saturated carbocycles. The van der Waals surface area contributed by atoms with E-state index >= 15 is 0 Å². The summed E-state index contributed by atoms with van der Waals surface area (Å²) in [5, 5.41) is 0. The molecule has 164 valence electrons. The van der Waals surface area contributed by atoms with E-state index in [2.05, 4.69) is 81.4 Å². The van der Waals surface area contributed by atoms with Crippen LogP contribution in [0.3, 0.4) is 0 Å². The van der Waals surface area contributed by atoms with Gasteiger partial charge in [-0.05, 0) is 0 Å². The van der Waals surface area contributed by atoms with Crippen LogP contribution in [0.5, 0.6) is 17.2 Å². The number of methoxy groups -OCH3 is 3. The average Bonchev–Trinajstić information content (AvgIpc) is 3.24.